The van der Waals surface area contributed by atoms with Crippen LogP contribution in [0.1, 0.15) is 31.9 Å². The first kappa shape index (κ1) is 18.1. The molecule has 3 unspecified atom stereocenters. The second-order valence-corrected chi connectivity index (χ2v) is 6.90. The molecule has 1 aromatic rings. The molecule has 2 fully saturated rings. The Kier molecular flexibility index (Phi) is 6.26. The second kappa shape index (κ2) is 8.63. The van der Waals surface area contributed by atoms with Crippen molar-refractivity contribution < 1.29 is 9.13 Å². The van der Waals surface area contributed by atoms with E-state index < -0.39 is 0 Å². The number of benzene rings is 1. The van der Waals surface area contributed by atoms with Gasteiger partial charge < -0.3 is 15.4 Å². The Bertz CT molecular complexity index is 571. The van der Waals surface area contributed by atoms with E-state index in [-0.39, 0.29) is 11.9 Å². The average Bonchev–Trinajstić information content (AvgIpc) is 3.32. The normalized spacial score (nSPS) is 25.5. The van der Waals surface area contributed by atoms with Crippen LogP contribution >= 0.6 is 0 Å². The summed E-state index contributed by atoms with van der Waals surface area (Å²) >= 11 is 0. The molecule has 0 aromatic heterocycles. The summed E-state index contributed by atoms with van der Waals surface area (Å²) in [6.45, 7) is 9.03. The summed E-state index contributed by atoms with van der Waals surface area (Å²) in [5.74, 6) is 1.39. The molecule has 2 aliphatic rings. The minimum atomic E-state index is -0.203. The Balaban J connectivity index is 1.72. The predicted octanol–water partition coefficient (Wildman–Crippen LogP) is 2.16. The zero-order chi connectivity index (χ0) is 17.6. The van der Waals surface area contributed by atoms with Crippen molar-refractivity contribution in [3.8, 4) is 0 Å². The van der Waals surface area contributed by atoms with E-state index in [4.69, 9.17) is 9.73 Å². The van der Waals surface area contributed by atoms with Crippen LogP contribution in [0.25, 0.3) is 0 Å². The summed E-state index contributed by atoms with van der Waals surface area (Å²) < 4.78 is 18.8. The SMILES string of the molecule is CCNC(=NCC(c1ccc(F)cc1)N1CCOCC1)NC1CC1C. The average molecular weight is 348 g/mol. The van der Waals surface area contributed by atoms with E-state index in [1.165, 1.54) is 18.6 Å². The van der Waals surface area contributed by atoms with E-state index >= 15 is 0 Å². The molecule has 0 amide bonds. The molecule has 2 N–H and O–H groups in total. The monoisotopic (exact) mass is 348 g/mol. The smallest absolute Gasteiger partial charge is 0.191 e. The topological polar surface area (TPSA) is 48.9 Å². The molecule has 1 aliphatic heterocycles. The number of nitrogens with zero attached hydrogens (tertiary/aromatic N) is 2. The Morgan fingerprint density at radius 3 is 2.60 bits per heavy atom. The fourth-order valence-corrected chi connectivity index (χ4v) is 3.20. The Morgan fingerprint density at radius 1 is 1.32 bits per heavy atom. The summed E-state index contributed by atoms with van der Waals surface area (Å²) in [4.78, 5) is 7.20. The van der Waals surface area contributed by atoms with Gasteiger partial charge in [0.05, 0.1) is 25.8 Å². The van der Waals surface area contributed by atoms with Crippen LogP contribution in [0.3, 0.4) is 0 Å². The van der Waals surface area contributed by atoms with Crippen LogP contribution in [0, 0.1) is 11.7 Å². The van der Waals surface area contributed by atoms with E-state index in [2.05, 4.69) is 29.4 Å². The minimum Gasteiger partial charge on any atom is -0.379 e. The van der Waals surface area contributed by atoms with Gasteiger partial charge in [-0.1, -0.05) is 19.1 Å². The first-order valence-electron chi connectivity index (χ1n) is 9.29. The lowest BCUT2D eigenvalue weighted by molar-refractivity contribution is 0.0179. The van der Waals surface area contributed by atoms with Gasteiger partial charge in [-0.2, -0.15) is 0 Å². The highest BCUT2D eigenvalue weighted by atomic mass is 19.1. The zero-order valence-electron chi connectivity index (χ0n) is 15.2. The summed E-state index contributed by atoms with van der Waals surface area (Å²) in [5.41, 5.74) is 1.10. The van der Waals surface area contributed by atoms with E-state index in [0.29, 0.717) is 12.6 Å². The highest BCUT2D eigenvalue weighted by Gasteiger charge is 2.33. The number of aliphatic imine (C=N–C) groups is 1. The quantitative estimate of drug-likeness (QED) is 0.611. The molecule has 3 rings (SSSR count). The van der Waals surface area contributed by atoms with Crippen LogP contribution in [0.15, 0.2) is 29.3 Å². The van der Waals surface area contributed by atoms with E-state index in [0.717, 1.165) is 50.3 Å². The van der Waals surface area contributed by atoms with Crippen LogP contribution in [-0.4, -0.2) is 56.3 Å². The molecule has 138 valence electrons. The Hall–Kier alpha value is -1.66. The molecule has 5 nitrogen and oxygen atoms in total. The van der Waals surface area contributed by atoms with Crippen LogP contribution in [0.2, 0.25) is 0 Å². The number of guanidine groups is 1. The first-order chi connectivity index (χ1) is 12.2. The highest BCUT2D eigenvalue weighted by Crippen LogP contribution is 2.29. The van der Waals surface area contributed by atoms with Gasteiger partial charge in [0.1, 0.15) is 5.82 Å². The molecular weight excluding hydrogens is 319 g/mol. The van der Waals surface area contributed by atoms with Crippen molar-refractivity contribution in [3.63, 3.8) is 0 Å². The van der Waals surface area contributed by atoms with Gasteiger partial charge in [0.2, 0.25) is 0 Å². The summed E-state index contributed by atoms with van der Waals surface area (Å²) in [6, 6.07) is 7.47. The summed E-state index contributed by atoms with van der Waals surface area (Å²) in [6.07, 6.45) is 1.20. The third-order valence-corrected chi connectivity index (χ3v) is 4.94. The molecule has 1 aliphatic carbocycles. The van der Waals surface area contributed by atoms with Crippen LogP contribution in [0.5, 0.6) is 0 Å². The van der Waals surface area contributed by atoms with E-state index in [1.807, 2.05) is 12.1 Å². The fourth-order valence-electron chi connectivity index (χ4n) is 3.20. The van der Waals surface area contributed by atoms with Crippen molar-refractivity contribution in [2.24, 2.45) is 10.9 Å². The molecule has 6 heteroatoms. The third kappa shape index (κ3) is 5.16. The molecule has 25 heavy (non-hydrogen) atoms. The van der Waals surface area contributed by atoms with Gasteiger partial charge in [-0.15, -0.1) is 0 Å². The Morgan fingerprint density at radius 2 is 2.00 bits per heavy atom. The lowest BCUT2D eigenvalue weighted by Crippen LogP contribution is -2.42. The molecule has 1 aromatic carbocycles. The predicted molar refractivity (Wildman–Crippen MR) is 98.2 cm³/mol. The zero-order valence-corrected chi connectivity index (χ0v) is 15.2. The second-order valence-electron chi connectivity index (χ2n) is 6.90. The molecule has 0 spiro atoms. The van der Waals surface area contributed by atoms with Gasteiger partial charge in [0.25, 0.3) is 0 Å². The lowest BCUT2D eigenvalue weighted by Gasteiger charge is -2.34. The molecule has 1 heterocycles. The van der Waals surface area contributed by atoms with Gasteiger partial charge in [0, 0.05) is 25.7 Å². The van der Waals surface area contributed by atoms with Crippen molar-refractivity contribution in [2.75, 3.05) is 39.4 Å². The van der Waals surface area contributed by atoms with E-state index in [1.54, 1.807) is 0 Å². The molecule has 1 saturated heterocycles. The first-order valence-corrected chi connectivity index (χ1v) is 9.29. The lowest BCUT2D eigenvalue weighted by atomic mass is 10.0. The number of hydrogen-bond donors (Lipinski definition) is 2. The maximum atomic E-state index is 13.3. The maximum Gasteiger partial charge on any atom is 0.191 e. The van der Waals surface area contributed by atoms with Crippen molar-refractivity contribution in [2.45, 2.75) is 32.4 Å². The number of ether oxygens (including phenoxy) is 1. The van der Waals surface area contributed by atoms with Crippen LogP contribution in [-0.2, 0) is 4.74 Å². The maximum absolute atomic E-state index is 13.3. The van der Waals surface area contributed by atoms with E-state index in [9.17, 15) is 4.39 Å². The van der Waals surface area contributed by atoms with Crippen LogP contribution in [0.4, 0.5) is 4.39 Å². The summed E-state index contributed by atoms with van der Waals surface area (Å²) in [7, 11) is 0. The molecule has 3 atom stereocenters. The standard InChI is InChI=1S/C19H29FN4O/c1-3-21-19(23-17-12-14(17)2)22-13-18(24-8-10-25-11-9-24)15-4-6-16(20)7-5-15/h4-7,14,17-18H,3,8-13H2,1-2H3,(H2,21,22,23). The Labute approximate surface area is 149 Å². The highest BCUT2D eigenvalue weighted by molar-refractivity contribution is 5.80. The van der Waals surface area contributed by atoms with Crippen LogP contribution < -0.4 is 10.6 Å². The van der Waals surface area contributed by atoms with Gasteiger partial charge in [-0.25, -0.2) is 4.39 Å². The number of nitrogens with one attached hydrogen (secondary N) is 2. The third-order valence-electron chi connectivity index (χ3n) is 4.94. The van der Waals surface area contributed by atoms with Gasteiger partial charge in [0.15, 0.2) is 5.96 Å². The number of halogens is 1. The van der Waals surface area contributed by atoms with Crippen molar-refractivity contribution >= 4 is 5.96 Å². The molecule has 1 saturated carbocycles. The molecule has 0 radical (unpaired) electrons. The van der Waals surface area contributed by atoms with Crippen molar-refractivity contribution in [3.05, 3.63) is 35.6 Å². The number of rotatable bonds is 6. The number of morpholine rings is 1. The van der Waals surface area contributed by atoms with Crippen molar-refractivity contribution in [1.82, 2.24) is 15.5 Å². The molecular formula is C19H29FN4O. The molecule has 0 bridgehead atoms. The number of hydrogen-bond acceptors (Lipinski definition) is 3. The van der Waals surface area contributed by atoms with Gasteiger partial charge in [-0.3, -0.25) is 9.89 Å². The fraction of sp³-hybridized carbons (Fsp3) is 0.632. The van der Waals surface area contributed by atoms with Gasteiger partial charge >= 0.3 is 0 Å². The van der Waals surface area contributed by atoms with Crippen molar-refractivity contribution in [1.29, 1.82) is 0 Å². The summed E-state index contributed by atoms with van der Waals surface area (Å²) in [5, 5.41) is 6.83. The largest absolute Gasteiger partial charge is 0.379 e. The minimum absolute atomic E-state index is 0.136. The van der Waals surface area contributed by atoms with Gasteiger partial charge in [-0.05, 0) is 37.0 Å².